The molecule has 0 aliphatic rings. The largest absolute Gasteiger partial charge is 0.478 e. The first-order valence-electron chi connectivity index (χ1n) is 13.7. The van der Waals surface area contributed by atoms with Gasteiger partial charge in [-0.25, -0.2) is 4.98 Å². The molecule has 4 nitrogen and oxygen atoms in total. The van der Waals surface area contributed by atoms with E-state index in [1.807, 2.05) is 31.2 Å². The highest BCUT2D eigenvalue weighted by Crippen LogP contribution is 2.56. The van der Waals surface area contributed by atoms with E-state index in [0.29, 0.717) is 18.3 Å². The van der Waals surface area contributed by atoms with Crippen LogP contribution in [-0.2, 0) is 0 Å². The molecule has 0 atom stereocenters. The fourth-order valence-electron chi connectivity index (χ4n) is 5.09. The normalized spacial score (nSPS) is 11.3. The lowest BCUT2D eigenvalue weighted by Crippen LogP contribution is -2.33. The summed E-state index contributed by atoms with van der Waals surface area (Å²) in [5.41, 5.74) is 1.64. The molecule has 0 radical (unpaired) electrons. The standard InChI is InChI=1S/C34H35N3OP/c1-28-27-33(37-34(36-28)32-23-13-14-24-35-32)38-25-15-2-3-16-26-39(29-17-7-4-8-18-29,30-19-9-5-10-20-30)31-21-11-6-12-22-31/h4-14,17-24,27H,2-3,15-16,25-26H2,1H3/q+1. The summed E-state index contributed by atoms with van der Waals surface area (Å²) in [6, 6.07) is 41.0. The second-order valence-electron chi connectivity index (χ2n) is 9.69. The van der Waals surface area contributed by atoms with Gasteiger partial charge in [-0.2, -0.15) is 4.98 Å². The van der Waals surface area contributed by atoms with Gasteiger partial charge in [-0.05, 0) is 81.1 Å². The van der Waals surface area contributed by atoms with Crippen LogP contribution in [0.3, 0.4) is 0 Å². The molecule has 0 spiro atoms. The molecule has 2 aromatic heterocycles. The summed E-state index contributed by atoms with van der Waals surface area (Å²) >= 11 is 0. The van der Waals surface area contributed by atoms with Crippen molar-refractivity contribution in [3.63, 3.8) is 0 Å². The molecule has 0 amide bonds. The highest BCUT2D eigenvalue weighted by molar-refractivity contribution is 7.95. The maximum atomic E-state index is 6.03. The number of aryl methyl sites for hydroxylation is 1. The first-order chi connectivity index (χ1) is 19.3. The van der Waals surface area contributed by atoms with Crippen molar-refractivity contribution in [1.82, 2.24) is 15.0 Å². The highest BCUT2D eigenvalue weighted by Gasteiger charge is 2.44. The summed E-state index contributed by atoms with van der Waals surface area (Å²) in [6.07, 6.45) is 7.36. The summed E-state index contributed by atoms with van der Waals surface area (Å²) in [5.74, 6) is 1.22. The number of hydrogen-bond donors (Lipinski definition) is 0. The number of nitrogens with zero attached hydrogens (tertiary/aromatic N) is 3. The molecule has 5 aromatic rings. The van der Waals surface area contributed by atoms with Crippen LogP contribution in [0.2, 0.25) is 0 Å². The highest BCUT2D eigenvalue weighted by atomic mass is 31.2. The Hall–Kier alpha value is -3.88. The van der Waals surface area contributed by atoms with Crippen molar-refractivity contribution in [3.8, 4) is 17.4 Å². The number of pyridine rings is 1. The molecule has 39 heavy (non-hydrogen) atoms. The summed E-state index contributed by atoms with van der Waals surface area (Å²) in [6.45, 7) is 2.61. The van der Waals surface area contributed by atoms with Crippen LogP contribution in [0.5, 0.6) is 5.88 Å². The minimum absolute atomic E-state index is 0.605. The van der Waals surface area contributed by atoms with Gasteiger partial charge < -0.3 is 4.74 Å². The van der Waals surface area contributed by atoms with Gasteiger partial charge in [0.05, 0.1) is 12.8 Å². The van der Waals surface area contributed by atoms with Gasteiger partial charge in [-0.3, -0.25) is 4.98 Å². The number of aromatic nitrogens is 3. The number of rotatable bonds is 12. The Labute approximate surface area is 232 Å². The fourth-order valence-corrected chi connectivity index (χ4v) is 9.50. The molecule has 0 bridgehead atoms. The van der Waals surface area contributed by atoms with Crippen LogP contribution in [0.4, 0.5) is 0 Å². The number of ether oxygens (including phenoxy) is 1. The fraction of sp³-hybridized carbons (Fsp3) is 0.206. The molecule has 196 valence electrons. The molecule has 0 saturated heterocycles. The average molecular weight is 533 g/mol. The van der Waals surface area contributed by atoms with Crippen LogP contribution < -0.4 is 20.7 Å². The van der Waals surface area contributed by atoms with Crippen molar-refractivity contribution in [2.24, 2.45) is 0 Å². The van der Waals surface area contributed by atoms with E-state index < -0.39 is 7.26 Å². The molecule has 5 heteroatoms. The van der Waals surface area contributed by atoms with Crippen LogP contribution in [0.15, 0.2) is 121 Å². The Morgan fingerprint density at radius 3 is 1.74 bits per heavy atom. The number of hydrogen-bond acceptors (Lipinski definition) is 4. The molecule has 0 saturated carbocycles. The van der Waals surface area contributed by atoms with Gasteiger partial charge in [0.1, 0.15) is 28.9 Å². The lowest BCUT2D eigenvalue weighted by atomic mass is 10.2. The van der Waals surface area contributed by atoms with E-state index in [1.54, 1.807) is 6.20 Å². The smallest absolute Gasteiger partial charge is 0.217 e. The lowest BCUT2D eigenvalue weighted by molar-refractivity contribution is 0.293. The molecule has 0 aliphatic heterocycles. The lowest BCUT2D eigenvalue weighted by Gasteiger charge is -2.27. The molecule has 0 N–H and O–H groups in total. The van der Waals surface area contributed by atoms with Gasteiger partial charge in [0.15, 0.2) is 5.82 Å². The van der Waals surface area contributed by atoms with Crippen molar-refractivity contribution in [2.75, 3.05) is 12.8 Å². The monoisotopic (exact) mass is 532 g/mol. The summed E-state index contributed by atoms with van der Waals surface area (Å²) < 4.78 is 6.03. The Kier molecular flexibility index (Phi) is 9.09. The summed E-state index contributed by atoms with van der Waals surface area (Å²) in [7, 11) is -1.75. The molecule has 5 rings (SSSR count). The second kappa shape index (κ2) is 13.3. The minimum Gasteiger partial charge on any atom is -0.478 e. The molecule has 2 heterocycles. The number of benzene rings is 3. The third-order valence-electron chi connectivity index (χ3n) is 6.95. The van der Waals surface area contributed by atoms with Gasteiger partial charge >= 0.3 is 0 Å². The molecular weight excluding hydrogens is 497 g/mol. The average Bonchev–Trinajstić information content (AvgIpc) is 3.00. The van der Waals surface area contributed by atoms with Crippen LogP contribution >= 0.6 is 7.26 Å². The van der Waals surface area contributed by atoms with Gasteiger partial charge in [0, 0.05) is 18.0 Å². The molecule has 0 fully saturated rings. The Balaban J connectivity index is 1.22. The van der Waals surface area contributed by atoms with E-state index in [-0.39, 0.29) is 0 Å². The van der Waals surface area contributed by atoms with Gasteiger partial charge in [-0.1, -0.05) is 60.7 Å². The van der Waals surface area contributed by atoms with Crippen molar-refractivity contribution in [3.05, 3.63) is 127 Å². The second-order valence-corrected chi connectivity index (χ2v) is 13.3. The quantitative estimate of drug-likeness (QED) is 0.131. The Morgan fingerprint density at radius 2 is 1.18 bits per heavy atom. The van der Waals surface area contributed by atoms with E-state index in [0.717, 1.165) is 30.4 Å². The predicted molar refractivity (Wildman–Crippen MR) is 164 cm³/mol. The van der Waals surface area contributed by atoms with Crippen molar-refractivity contribution in [1.29, 1.82) is 0 Å². The van der Waals surface area contributed by atoms with E-state index in [2.05, 4.69) is 106 Å². The zero-order valence-corrected chi connectivity index (χ0v) is 23.4. The maximum absolute atomic E-state index is 6.03. The molecular formula is C34H35N3OP+. The van der Waals surface area contributed by atoms with Crippen LogP contribution in [0.25, 0.3) is 11.5 Å². The number of unbranched alkanes of at least 4 members (excludes halogenated alkanes) is 3. The van der Waals surface area contributed by atoms with Crippen LogP contribution in [0, 0.1) is 6.92 Å². The van der Waals surface area contributed by atoms with E-state index in [1.165, 1.54) is 28.8 Å². The third kappa shape index (κ3) is 6.58. The zero-order valence-electron chi connectivity index (χ0n) is 22.5. The van der Waals surface area contributed by atoms with Crippen molar-refractivity contribution in [2.45, 2.75) is 32.6 Å². The molecule has 3 aromatic carbocycles. The molecule has 0 aliphatic carbocycles. The Morgan fingerprint density at radius 1 is 0.615 bits per heavy atom. The SMILES string of the molecule is Cc1cc(OCCCCCC[P+](c2ccccc2)(c2ccccc2)c2ccccc2)nc(-c2ccccn2)n1. The van der Waals surface area contributed by atoms with Gasteiger partial charge in [0.2, 0.25) is 5.88 Å². The van der Waals surface area contributed by atoms with Crippen molar-refractivity contribution >= 4 is 23.2 Å². The van der Waals surface area contributed by atoms with Crippen LogP contribution in [-0.4, -0.2) is 27.7 Å². The van der Waals surface area contributed by atoms with Crippen LogP contribution in [0.1, 0.15) is 31.4 Å². The minimum atomic E-state index is -1.75. The topological polar surface area (TPSA) is 47.9 Å². The predicted octanol–water partition coefficient (Wildman–Crippen LogP) is 6.78. The van der Waals surface area contributed by atoms with E-state index >= 15 is 0 Å². The summed E-state index contributed by atoms with van der Waals surface area (Å²) in [4.78, 5) is 13.5. The Bertz CT molecular complexity index is 1330. The van der Waals surface area contributed by atoms with Gasteiger partial charge in [0.25, 0.3) is 0 Å². The van der Waals surface area contributed by atoms with Crippen molar-refractivity contribution < 1.29 is 4.74 Å². The molecule has 0 unspecified atom stereocenters. The zero-order chi connectivity index (χ0) is 26.8. The first kappa shape index (κ1) is 26.7. The first-order valence-corrected chi connectivity index (χ1v) is 15.7. The maximum Gasteiger partial charge on any atom is 0.217 e. The van der Waals surface area contributed by atoms with E-state index in [9.17, 15) is 0 Å². The van der Waals surface area contributed by atoms with E-state index in [4.69, 9.17) is 4.74 Å². The third-order valence-corrected chi connectivity index (χ3v) is 11.5. The van der Waals surface area contributed by atoms with Gasteiger partial charge in [-0.15, -0.1) is 0 Å². The summed E-state index contributed by atoms with van der Waals surface area (Å²) in [5, 5.41) is 4.36.